The molecule has 0 aliphatic carbocycles. The number of carbonyl (C=O) groups is 1. The van der Waals surface area contributed by atoms with Crippen molar-refractivity contribution >= 4 is 11.8 Å². The minimum absolute atomic E-state index is 0.395. The van der Waals surface area contributed by atoms with Gasteiger partial charge in [0.15, 0.2) is 0 Å². The lowest BCUT2D eigenvalue weighted by Crippen LogP contribution is -2.12. The minimum atomic E-state index is -0.395. The van der Waals surface area contributed by atoms with Crippen molar-refractivity contribution in [1.82, 2.24) is 14.8 Å². The van der Waals surface area contributed by atoms with Gasteiger partial charge in [-0.2, -0.15) is 5.10 Å². The van der Waals surface area contributed by atoms with E-state index in [9.17, 15) is 4.79 Å². The summed E-state index contributed by atoms with van der Waals surface area (Å²) >= 11 is 0. The summed E-state index contributed by atoms with van der Waals surface area (Å²) in [6.45, 7) is 0.651. The smallest absolute Gasteiger partial charge is 0.341 e. The predicted molar refractivity (Wildman–Crippen MR) is 71.0 cm³/mol. The van der Waals surface area contributed by atoms with Gasteiger partial charge in [-0.05, 0) is 18.2 Å². The normalized spacial score (nSPS) is 10.2. The van der Waals surface area contributed by atoms with Gasteiger partial charge in [-0.1, -0.05) is 0 Å². The Morgan fingerprint density at radius 3 is 3.00 bits per heavy atom. The summed E-state index contributed by atoms with van der Waals surface area (Å²) in [4.78, 5) is 15.7. The number of hydrogen-bond donors (Lipinski definition) is 1. The summed E-state index contributed by atoms with van der Waals surface area (Å²) in [5, 5.41) is 7.41. The third-order valence-corrected chi connectivity index (χ3v) is 2.66. The molecular weight excluding hydrogens is 244 g/mol. The van der Waals surface area contributed by atoms with Crippen LogP contribution in [0.25, 0.3) is 0 Å². The highest BCUT2D eigenvalue weighted by atomic mass is 16.5. The maximum Gasteiger partial charge on any atom is 0.341 e. The van der Waals surface area contributed by atoms with Crippen LogP contribution >= 0.6 is 0 Å². The van der Waals surface area contributed by atoms with Crippen molar-refractivity contribution < 1.29 is 9.53 Å². The monoisotopic (exact) mass is 260 g/mol. The third-order valence-electron chi connectivity index (χ3n) is 2.66. The molecule has 0 aliphatic heterocycles. The molecule has 0 saturated carbocycles. The van der Waals surface area contributed by atoms with Gasteiger partial charge in [0.1, 0.15) is 11.4 Å². The first-order chi connectivity index (χ1) is 9.20. The fourth-order valence-electron chi connectivity index (χ4n) is 1.73. The Hall–Kier alpha value is -2.37. The van der Waals surface area contributed by atoms with Gasteiger partial charge in [0.25, 0.3) is 0 Å². The Bertz CT molecular complexity index is 565. The molecule has 0 spiro atoms. The zero-order valence-electron chi connectivity index (χ0n) is 11.0. The van der Waals surface area contributed by atoms with Crippen molar-refractivity contribution in [3.63, 3.8) is 0 Å². The van der Waals surface area contributed by atoms with Crippen LogP contribution in [0.1, 0.15) is 16.1 Å². The lowest BCUT2D eigenvalue weighted by atomic mass is 10.2. The molecule has 2 rings (SSSR count). The van der Waals surface area contributed by atoms with Crippen LogP contribution in [-0.2, 0) is 18.2 Å². The highest BCUT2D eigenvalue weighted by Gasteiger charge is 2.11. The van der Waals surface area contributed by atoms with Crippen molar-refractivity contribution in [3.05, 3.63) is 41.9 Å². The van der Waals surface area contributed by atoms with Crippen LogP contribution in [-0.4, -0.2) is 34.4 Å². The average molecular weight is 260 g/mol. The summed E-state index contributed by atoms with van der Waals surface area (Å²) in [5.41, 5.74) is 1.43. The molecule has 0 unspecified atom stereocenters. The number of carbonyl (C=O) groups excluding carboxylic acids is 1. The Balaban J connectivity index is 1.97. The lowest BCUT2D eigenvalue weighted by molar-refractivity contribution is 0.0601. The Kier molecular flexibility index (Phi) is 4.12. The molecule has 0 aliphatic rings. The number of aromatic nitrogens is 3. The molecule has 0 fully saturated rings. The van der Waals surface area contributed by atoms with Crippen molar-refractivity contribution in [1.29, 1.82) is 0 Å². The van der Waals surface area contributed by atoms with Gasteiger partial charge in [-0.3, -0.25) is 4.68 Å². The summed E-state index contributed by atoms with van der Waals surface area (Å²) in [5.74, 6) is 0.138. The van der Waals surface area contributed by atoms with E-state index in [0.29, 0.717) is 17.9 Å². The minimum Gasteiger partial charge on any atom is -0.465 e. The van der Waals surface area contributed by atoms with Crippen LogP contribution in [0.2, 0.25) is 0 Å². The van der Waals surface area contributed by atoms with Crippen molar-refractivity contribution in [3.8, 4) is 0 Å². The van der Waals surface area contributed by atoms with E-state index in [-0.39, 0.29) is 0 Å². The molecule has 1 N–H and O–H groups in total. The van der Waals surface area contributed by atoms with Gasteiger partial charge < -0.3 is 10.1 Å². The third kappa shape index (κ3) is 3.31. The molecule has 2 heterocycles. The highest BCUT2D eigenvalue weighted by Crippen LogP contribution is 2.12. The average Bonchev–Trinajstić information content (AvgIpc) is 2.84. The standard InChI is InChI=1S/C13H16N4O2/c1-17-9-6-10(16-17)5-8-15-12-11(13(18)19-2)4-3-7-14-12/h3-4,6-7,9H,5,8H2,1-2H3,(H,14,15). The van der Waals surface area contributed by atoms with Gasteiger partial charge in [-0.25, -0.2) is 9.78 Å². The molecule has 6 heteroatoms. The Morgan fingerprint density at radius 1 is 1.47 bits per heavy atom. The van der Waals surface area contributed by atoms with Gasteiger partial charge in [0, 0.05) is 32.4 Å². The van der Waals surface area contributed by atoms with E-state index >= 15 is 0 Å². The first-order valence-corrected chi connectivity index (χ1v) is 5.96. The van der Waals surface area contributed by atoms with Crippen LogP contribution in [0.4, 0.5) is 5.82 Å². The molecule has 0 radical (unpaired) electrons. The van der Waals surface area contributed by atoms with E-state index in [1.54, 1.807) is 23.0 Å². The number of nitrogens with one attached hydrogen (secondary N) is 1. The van der Waals surface area contributed by atoms with E-state index in [0.717, 1.165) is 12.1 Å². The molecule has 0 bridgehead atoms. The van der Waals surface area contributed by atoms with Crippen molar-refractivity contribution in [2.75, 3.05) is 19.0 Å². The number of pyridine rings is 1. The first-order valence-electron chi connectivity index (χ1n) is 5.96. The van der Waals surface area contributed by atoms with Crippen LogP contribution in [0, 0.1) is 0 Å². The summed E-state index contributed by atoms with van der Waals surface area (Å²) in [6.07, 6.45) is 4.30. The Morgan fingerprint density at radius 2 is 2.32 bits per heavy atom. The van der Waals surface area contributed by atoms with Gasteiger partial charge in [0.05, 0.1) is 12.8 Å². The van der Waals surface area contributed by atoms with E-state index in [1.807, 2.05) is 19.3 Å². The number of anilines is 1. The number of methoxy groups -OCH3 is 1. The summed E-state index contributed by atoms with van der Waals surface area (Å²) in [7, 11) is 3.23. The van der Waals surface area contributed by atoms with Gasteiger partial charge in [0.2, 0.25) is 0 Å². The van der Waals surface area contributed by atoms with Gasteiger partial charge in [-0.15, -0.1) is 0 Å². The largest absolute Gasteiger partial charge is 0.465 e. The fraction of sp³-hybridized carbons (Fsp3) is 0.308. The van der Waals surface area contributed by atoms with E-state index in [2.05, 4.69) is 15.4 Å². The van der Waals surface area contributed by atoms with Crippen LogP contribution < -0.4 is 5.32 Å². The number of aryl methyl sites for hydroxylation is 1. The number of rotatable bonds is 5. The topological polar surface area (TPSA) is 69.0 Å². The molecular formula is C13H16N4O2. The zero-order valence-corrected chi connectivity index (χ0v) is 11.0. The molecule has 100 valence electrons. The highest BCUT2D eigenvalue weighted by molar-refractivity contribution is 5.94. The lowest BCUT2D eigenvalue weighted by Gasteiger charge is -2.08. The van der Waals surface area contributed by atoms with Crippen LogP contribution in [0.5, 0.6) is 0 Å². The molecule has 0 atom stereocenters. The maximum absolute atomic E-state index is 11.6. The van der Waals surface area contributed by atoms with Gasteiger partial charge >= 0.3 is 5.97 Å². The molecule has 2 aromatic rings. The quantitative estimate of drug-likeness (QED) is 0.819. The molecule has 6 nitrogen and oxygen atoms in total. The second-order valence-electron chi connectivity index (χ2n) is 4.05. The van der Waals surface area contributed by atoms with E-state index in [4.69, 9.17) is 4.74 Å². The predicted octanol–water partition coefficient (Wildman–Crippen LogP) is 1.26. The summed E-state index contributed by atoms with van der Waals surface area (Å²) in [6, 6.07) is 5.35. The molecule has 0 saturated heterocycles. The van der Waals surface area contributed by atoms with Crippen LogP contribution in [0.15, 0.2) is 30.6 Å². The molecule has 2 aromatic heterocycles. The Labute approximate surface area is 111 Å². The molecule has 0 amide bonds. The van der Waals surface area contributed by atoms with Crippen molar-refractivity contribution in [2.24, 2.45) is 7.05 Å². The number of hydrogen-bond acceptors (Lipinski definition) is 5. The molecule has 19 heavy (non-hydrogen) atoms. The molecule has 0 aromatic carbocycles. The second kappa shape index (κ2) is 5.99. The second-order valence-corrected chi connectivity index (χ2v) is 4.05. The maximum atomic E-state index is 11.6. The van der Waals surface area contributed by atoms with Crippen LogP contribution in [0.3, 0.4) is 0 Å². The van der Waals surface area contributed by atoms with Crippen molar-refractivity contribution in [2.45, 2.75) is 6.42 Å². The SMILES string of the molecule is COC(=O)c1cccnc1NCCc1ccn(C)n1. The number of nitrogens with zero attached hydrogens (tertiary/aromatic N) is 3. The zero-order chi connectivity index (χ0) is 13.7. The van der Waals surface area contributed by atoms with E-state index in [1.165, 1.54) is 7.11 Å². The van der Waals surface area contributed by atoms with E-state index < -0.39 is 5.97 Å². The number of ether oxygens (including phenoxy) is 1. The fourth-order valence-corrected chi connectivity index (χ4v) is 1.73. The number of esters is 1. The first kappa shape index (κ1) is 13.1. The summed E-state index contributed by atoms with van der Waals surface area (Å²) < 4.78 is 6.47.